The summed E-state index contributed by atoms with van der Waals surface area (Å²) in [6.07, 6.45) is 5.59. The van der Waals surface area contributed by atoms with Crippen molar-refractivity contribution in [2.75, 3.05) is 26.3 Å². The lowest BCUT2D eigenvalue weighted by atomic mass is 9.85. The standard InChI is InChI=1S/C21H28ClNO2/c1-15-4-9-25-21(12-15)5-7-23(8-6-21)13-16-10-17(22)11-18-19(16)24-14-20(18,2)3/h10-12H,4-9,13-14H2,1-3H3. The first kappa shape index (κ1) is 17.4. The molecule has 0 radical (unpaired) electrons. The van der Waals surface area contributed by atoms with Crippen molar-refractivity contribution in [1.29, 1.82) is 0 Å². The molecule has 4 rings (SSSR count). The molecule has 0 saturated carbocycles. The summed E-state index contributed by atoms with van der Waals surface area (Å²) in [6.45, 7) is 11.3. The second kappa shape index (κ2) is 6.29. The van der Waals surface area contributed by atoms with Crippen LogP contribution in [0.3, 0.4) is 0 Å². The van der Waals surface area contributed by atoms with Crippen molar-refractivity contribution in [2.24, 2.45) is 0 Å². The van der Waals surface area contributed by atoms with Gasteiger partial charge in [0.2, 0.25) is 0 Å². The molecular formula is C21H28ClNO2. The minimum Gasteiger partial charge on any atom is -0.492 e. The van der Waals surface area contributed by atoms with E-state index in [2.05, 4.69) is 43.9 Å². The van der Waals surface area contributed by atoms with Crippen LogP contribution >= 0.6 is 11.6 Å². The average Bonchev–Trinajstić information content (AvgIpc) is 2.85. The van der Waals surface area contributed by atoms with Crippen LogP contribution < -0.4 is 4.74 Å². The highest BCUT2D eigenvalue weighted by Crippen LogP contribution is 2.43. The molecule has 1 saturated heterocycles. The van der Waals surface area contributed by atoms with E-state index in [1.807, 2.05) is 0 Å². The molecule has 0 aromatic heterocycles. The highest BCUT2D eigenvalue weighted by Gasteiger charge is 2.37. The Morgan fingerprint density at radius 3 is 2.68 bits per heavy atom. The highest BCUT2D eigenvalue weighted by atomic mass is 35.5. The highest BCUT2D eigenvalue weighted by molar-refractivity contribution is 6.30. The fourth-order valence-corrected chi connectivity index (χ4v) is 4.61. The quantitative estimate of drug-likeness (QED) is 0.712. The maximum absolute atomic E-state index is 6.40. The molecule has 0 N–H and O–H groups in total. The number of rotatable bonds is 2. The Morgan fingerprint density at radius 1 is 1.20 bits per heavy atom. The van der Waals surface area contributed by atoms with E-state index < -0.39 is 0 Å². The Bertz CT molecular complexity index is 702. The molecular weight excluding hydrogens is 334 g/mol. The predicted molar refractivity (Wildman–Crippen MR) is 102 cm³/mol. The van der Waals surface area contributed by atoms with E-state index in [1.54, 1.807) is 0 Å². The molecule has 0 unspecified atom stereocenters. The zero-order valence-electron chi connectivity index (χ0n) is 15.5. The first-order valence-electron chi connectivity index (χ1n) is 9.37. The summed E-state index contributed by atoms with van der Waals surface area (Å²) < 4.78 is 12.2. The number of likely N-dealkylation sites (tertiary alicyclic amines) is 1. The summed E-state index contributed by atoms with van der Waals surface area (Å²) in [5, 5.41) is 0.815. The van der Waals surface area contributed by atoms with Crippen LogP contribution in [0.25, 0.3) is 0 Å². The van der Waals surface area contributed by atoms with Crippen molar-refractivity contribution in [3.8, 4) is 5.75 Å². The molecule has 3 nitrogen and oxygen atoms in total. The van der Waals surface area contributed by atoms with E-state index >= 15 is 0 Å². The lowest BCUT2D eigenvalue weighted by Gasteiger charge is -2.42. The van der Waals surface area contributed by atoms with Gasteiger partial charge in [0.15, 0.2) is 0 Å². The van der Waals surface area contributed by atoms with Crippen molar-refractivity contribution in [2.45, 2.75) is 57.6 Å². The van der Waals surface area contributed by atoms with Crippen LogP contribution in [0, 0.1) is 0 Å². The van der Waals surface area contributed by atoms with Gasteiger partial charge in [-0.05, 0) is 38.3 Å². The number of hydrogen-bond donors (Lipinski definition) is 0. The van der Waals surface area contributed by atoms with Crippen molar-refractivity contribution in [1.82, 2.24) is 4.90 Å². The van der Waals surface area contributed by atoms with E-state index in [1.165, 1.54) is 16.7 Å². The van der Waals surface area contributed by atoms with E-state index in [-0.39, 0.29) is 11.0 Å². The zero-order valence-corrected chi connectivity index (χ0v) is 16.3. The Hall–Kier alpha value is -1.03. The molecule has 0 amide bonds. The van der Waals surface area contributed by atoms with Gasteiger partial charge in [-0.1, -0.05) is 37.1 Å². The molecule has 3 aliphatic rings. The zero-order chi connectivity index (χ0) is 17.7. The number of ether oxygens (including phenoxy) is 2. The largest absolute Gasteiger partial charge is 0.492 e. The fourth-order valence-electron chi connectivity index (χ4n) is 4.37. The van der Waals surface area contributed by atoms with Crippen LogP contribution in [0.2, 0.25) is 5.02 Å². The Kier molecular flexibility index (Phi) is 4.38. The van der Waals surface area contributed by atoms with Crippen molar-refractivity contribution in [3.63, 3.8) is 0 Å². The van der Waals surface area contributed by atoms with Gasteiger partial charge in [0, 0.05) is 41.2 Å². The summed E-state index contributed by atoms with van der Waals surface area (Å²) in [6, 6.07) is 4.15. The molecule has 1 aromatic rings. The number of nitrogens with zero attached hydrogens (tertiary/aromatic N) is 1. The molecule has 0 atom stereocenters. The van der Waals surface area contributed by atoms with Gasteiger partial charge >= 0.3 is 0 Å². The second-order valence-electron chi connectivity index (χ2n) is 8.54. The average molecular weight is 362 g/mol. The first-order valence-corrected chi connectivity index (χ1v) is 9.75. The molecule has 136 valence electrons. The summed E-state index contributed by atoms with van der Waals surface area (Å²) in [5.41, 5.74) is 3.97. The minimum atomic E-state index is -0.0202. The van der Waals surface area contributed by atoms with Gasteiger partial charge in [-0.3, -0.25) is 4.90 Å². The Labute approximate surface area is 155 Å². The van der Waals surface area contributed by atoms with Crippen molar-refractivity contribution in [3.05, 3.63) is 39.9 Å². The van der Waals surface area contributed by atoms with E-state index in [0.717, 1.165) is 62.9 Å². The summed E-state index contributed by atoms with van der Waals surface area (Å²) in [7, 11) is 0. The van der Waals surface area contributed by atoms with Gasteiger partial charge in [-0.2, -0.15) is 0 Å². The maximum Gasteiger partial charge on any atom is 0.127 e. The summed E-state index contributed by atoms with van der Waals surface area (Å²) in [5.74, 6) is 1.05. The third kappa shape index (κ3) is 3.34. The van der Waals surface area contributed by atoms with Crippen LogP contribution in [0.4, 0.5) is 0 Å². The van der Waals surface area contributed by atoms with Gasteiger partial charge in [0.05, 0.1) is 18.8 Å². The minimum absolute atomic E-state index is 0.0202. The van der Waals surface area contributed by atoms with Gasteiger partial charge in [0.25, 0.3) is 0 Å². The third-order valence-corrected chi connectivity index (χ3v) is 6.15. The normalized spacial score (nSPS) is 24.7. The molecule has 0 aliphatic carbocycles. The first-order chi connectivity index (χ1) is 11.9. The molecule has 1 aromatic carbocycles. The summed E-state index contributed by atoms with van der Waals surface area (Å²) >= 11 is 6.40. The molecule has 1 spiro atoms. The van der Waals surface area contributed by atoms with Gasteiger partial charge in [-0.15, -0.1) is 0 Å². The number of fused-ring (bicyclic) bond motifs is 1. The second-order valence-corrected chi connectivity index (χ2v) is 8.98. The van der Waals surface area contributed by atoms with Gasteiger partial charge < -0.3 is 9.47 Å². The van der Waals surface area contributed by atoms with E-state index in [4.69, 9.17) is 21.1 Å². The maximum atomic E-state index is 6.40. The van der Waals surface area contributed by atoms with Crippen LogP contribution in [0.5, 0.6) is 5.75 Å². The van der Waals surface area contributed by atoms with Gasteiger partial charge in [0.1, 0.15) is 5.75 Å². The van der Waals surface area contributed by atoms with Crippen LogP contribution in [-0.2, 0) is 16.7 Å². The number of hydrogen-bond acceptors (Lipinski definition) is 3. The topological polar surface area (TPSA) is 21.7 Å². The predicted octanol–water partition coefficient (Wildman–Crippen LogP) is 4.71. The number of halogens is 1. The molecule has 3 aliphatic heterocycles. The smallest absolute Gasteiger partial charge is 0.127 e. The van der Waals surface area contributed by atoms with Crippen LogP contribution in [0.15, 0.2) is 23.8 Å². The van der Waals surface area contributed by atoms with Crippen molar-refractivity contribution >= 4 is 11.6 Å². The summed E-state index contributed by atoms with van der Waals surface area (Å²) in [4.78, 5) is 2.51. The fraction of sp³-hybridized carbons (Fsp3) is 0.619. The Balaban J connectivity index is 1.49. The molecule has 3 heterocycles. The van der Waals surface area contributed by atoms with Crippen molar-refractivity contribution < 1.29 is 9.47 Å². The number of piperidine rings is 1. The number of benzene rings is 1. The molecule has 25 heavy (non-hydrogen) atoms. The third-order valence-electron chi connectivity index (χ3n) is 5.93. The van der Waals surface area contributed by atoms with Crippen LogP contribution in [-0.4, -0.2) is 36.8 Å². The SMILES string of the molecule is CC1=CC2(CCN(Cc3cc(Cl)cc4c3OCC4(C)C)CC2)OCC1. The van der Waals surface area contributed by atoms with Crippen LogP contribution in [0.1, 0.15) is 51.2 Å². The molecule has 4 heteroatoms. The van der Waals surface area contributed by atoms with Gasteiger partial charge in [-0.25, -0.2) is 0 Å². The lowest BCUT2D eigenvalue weighted by molar-refractivity contribution is -0.0577. The van der Waals surface area contributed by atoms with E-state index in [9.17, 15) is 0 Å². The Morgan fingerprint density at radius 2 is 1.96 bits per heavy atom. The lowest BCUT2D eigenvalue weighted by Crippen LogP contribution is -2.46. The molecule has 1 fully saturated rings. The van der Waals surface area contributed by atoms with E-state index in [0.29, 0.717) is 0 Å². The molecule has 0 bridgehead atoms. The monoisotopic (exact) mass is 361 g/mol.